The van der Waals surface area contributed by atoms with Gasteiger partial charge < -0.3 is 71.6 Å². The topological polar surface area (TPSA) is 269 Å². The molecule has 1 aliphatic carbocycles. The highest BCUT2D eigenvalue weighted by Gasteiger charge is 2.37. The minimum absolute atomic E-state index is 0.0161. The minimum atomic E-state index is -3.77. The van der Waals surface area contributed by atoms with Gasteiger partial charge in [-0.05, 0) is 123 Å². The fourth-order valence-corrected chi connectivity index (χ4v) is 10.2. The lowest BCUT2D eigenvalue weighted by molar-refractivity contribution is -0.139. The zero-order valence-corrected chi connectivity index (χ0v) is 51.5. The number of methoxy groups -OCH3 is 1. The monoisotopic (exact) mass is 1250 g/mol. The van der Waals surface area contributed by atoms with Crippen molar-refractivity contribution in [1.82, 2.24) is 4.72 Å². The van der Waals surface area contributed by atoms with E-state index in [1.54, 1.807) is 55.6 Å². The smallest absolute Gasteiger partial charge is 0.305 e. The maximum atomic E-state index is 16.2. The van der Waals surface area contributed by atoms with Gasteiger partial charge in [0.05, 0.1) is 121 Å². The van der Waals surface area contributed by atoms with E-state index in [0.29, 0.717) is 59.4 Å². The Labute approximate surface area is 505 Å². The van der Waals surface area contributed by atoms with Crippen molar-refractivity contribution in [1.29, 1.82) is 0 Å². The first-order valence-corrected chi connectivity index (χ1v) is 31.6. The molecular weight excluding hydrogens is 1170 g/mol. The first-order valence-electron chi connectivity index (χ1n) is 28.7. The molecule has 0 amide bonds. The van der Waals surface area contributed by atoms with Crippen molar-refractivity contribution in [3.8, 4) is 44.9 Å². The van der Waals surface area contributed by atoms with Crippen molar-refractivity contribution in [3.05, 3.63) is 95.6 Å². The van der Waals surface area contributed by atoms with E-state index in [-0.39, 0.29) is 171 Å². The van der Waals surface area contributed by atoms with E-state index in [9.17, 15) is 26.8 Å². The lowest BCUT2D eigenvalue weighted by atomic mass is 9.79. The fraction of sp³-hybridized carbons (Fsp3) is 0.574. The molecule has 21 nitrogen and oxygen atoms in total. The summed E-state index contributed by atoms with van der Waals surface area (Å²) >= 11 is -2.10. The zero-order valence-electron chi connectivity index (χ0n) is 49.8. The third-order valence-electron chi connectivity index (χ3n) is 13.6. The van der Waals surface area contributed by atoms with Gasteiger partial charge >= 0.3 is 11.9 Å². The lowest BCUT2D eigenvalue weighted by Crippen LogP contribution is -2.35. The molecule has 480 valence electrons. The molecule has 4 aromatic rings. The number of hydrogen-bond acceptors (Lipinski definition) is 17. The van der Waals surface area contributed by atoms with E-state index in [1.807, 2.05) is 39.8 Å². The Morgan fingerprint density at radius 1 is 0.547 bits per heavy atom. The van der Waals surface area contributed by atoms with Gasteiger partial charge in [-0.3, -0.25) is 9.59 Å². The Kier molecular flexibility index (Phi) is 31.4. The van der Waals surface area contributed by atoms with Crippen LogP contribution in [-0.2, 0) is 78.1 Å². The highest BCUT2D eigenvalue weighted by Crippen LogP contribution is 2.50. The molecule has 86 heavy (non-hydrogen) atoms. The fourth-order valence-electron chi connectivity index (χ4n) is 8.76. The molecular formula is C61H85F2NO20S2. The van der Waals surface area contributed by atoms with Crippen LogP contribution in [0, 0.1) is 11.6 Å². The zero-order chi connectivity index (χ0) is 62.4. The van der Waals surface area contributed by atoms with Gasteiger partial charge in [-0.25, -0.2) is 26.1 Å². The average molecular weight is 1250 g/mol. The van der Waals surface area contributed by atoms with Crippen LogP contribution in [0.15, 0.2) is 72.8 Å². The average Bonchev–Trinajstić information content (AvgIpc) is 0.874. The van der Waals surface area contributed by atoms with Crippen LogP contribution in [0.4, 0.5) is 8.78 Å². The number of benzene rings is 4. The molecule has 0 heterocycles. The summed E-state index contributed by atoms with van der Waals surface area (Å²) in [4.78, 5) is 21.2. The Morgan fingerprint density at radius 3 is 1.38 bits per heavy atom. The molecule has 4 N–H and O–H groups in total. The number of fused-ring (bicyclic) bond motifs is 3. The largest absolute Gasteiger partial charge is 0.491 e. The Morgan fingerprint density at radius 2 is 0.965 bits per heavy atom. The Hall–Kier alpha value is -5.10. The number of carbonyl (C=O) groups is 2. The molecule has 25 heteroatoms. The minimum Gasteiger partial charge on any atom is -0.491 e. The molecule has 0 saturated carbocycles. The first-order chi connectivity index (χ1) is 41.2. The van der Waals surface area contributed by atoms with E-state index in [2.05, 4.69) is 4.72 Å². The summed E-state index contributed by atoms with van der Waals surface area (Å²) in [5, 5.41) is 17.4. The van der Waals surface area contributed by atoms with Gasteiger partial charge in [0.15, 0.2) is 11.1 Å². The summed E-state index contributed by atoms with van der Waals surface area (Å²) in [6.45, 7) is 11.4. The number of halogens is 2. The Balaban J connectivity index is 1.32. The number of carboxylic acids is 2. The SMILES string of the molecule is COC(C)(C)CCOC(C)(C)CCNS(=O)(=O)CCCOC1c2cc(-c3ccc(OCCOCCOCCOCCC(=O)O)cc3F)ccc2-c2ccc(-c3ccc(OCCOCCOCCOCCC(=O)O)cc3F)cc2C1OCCCS(=O)O. The van der Waals surface area contributed by atoms with Crippen molar-refractivity contribution in [2.75, 3.05) is 137 Å². The number of hydrogen-bond donors (Lipinski definition) is 4. The second-order valence-corrected chi connectivity index (χ2v) is 24.1. The molecule has 0 fully saturated rings. The quantitative estimate of drug-likeness (QED) is 0.0238. The summed E-state index contributed by atoms with van der Waals surface area (Å²) in [6, 6.07) is 19.9. The van der Waals surface area contributed by atoms with E-state index in [0.717, 1.165) is 0 Å². The van der Waals surface area contributed by atoms with Crippen molar-refractivity contribution in [2.45, 2.75) is 89.6 Å². The third-order valence-corrected chi connectivity index (χ3v) is 15.7. The molecule has 5 rings (SSSR count). The van der Waals surface area contributed by atoms with Gasteiger partial charge in [0.1, 0.15) is 48.6 Å². The number of ether oxygens (including phenoxy) is 12. The molecule has 0 saturated heterocycles. The molecule has 1 aliphatic rings. The maximum absolute atomic E-state index is 16.2. The maximum Gasteiger partial charge on any atom is 0.305 e. The van der Waals surface area contributed by atoms with E-state index in [4.69, 9.17) is 67.1 Å². The van der Waals surface area contributed by atoms with Gasteiger partial charge in [0, 0.05) is 50.1 Å². The van der Waals surface area contributed by atoms with Crippen LogP contribution in [0.5, 0.6) is 11.5 Å². The Bertz CT molecular complexity index is 2840. The van der Waals surface area contributed by atoms with Crippen LogP contribution in [0.1, 0.15) is 89.6 Å². The third kappa shape index (κ3) is 26.3. The summed E-state index contributed by atoms with van der Waals surface area (Å²) in [5.74, 6) is -2.81. The van der Waals surface area contributed by atoms with Crippen LogP contribution in [0.25, 0.3) is 33.4 Å². The van der Waals surface area contributed by atoms with E-state index in [1.165, 1.54) is 12.1 Å². The number of sulfonamides is 1. The second kappa shape index (κ2) is 37.7. The molecule has 4 aromatic carbocycles. The van der Waals surface area contributed by atoms with Crippen LogP contribution < -0.4 is 14.2 Å². The molecule has 3 atom stereocenters. The van der Waals surface area contributed by atoms with E-state index < -0.39 is 62.5 Å². The second-order valence-electron chi connectivity index (χ2n) is 21.1. The molecule has 0 spiro atoms. The molecule has 3 unspecified atom stereocenters. The van der Waals surface area contributed by atoms with Crippen LogP contribution in [0.3, 0.4) is 0 Å². The summed E-state index contributed by atoms with van der Waals surface area (Å²) in [7, 11) is -2.13. The highest BCUT2D eigenvalue weighted by molar-refractivity contribution is 7.89. The van der Waals surface area contributed by atoms with Gasteiger partial charge in [0.25, 0.3) is 0 Å². The van der Waals surface area contributed by atoms with Gasteiger partial charge in [-0.1, -0.05) is 24.3 Å². The van der Waals surface area contributed by atoms with Gasteiger partial charge in [-0.2, -0.15) is 0 Å². The number of aliphatic carboxylic acids is 2. The van der Waals surface area contributed by atoms with Gasteiger partial charge in [-0.15, -0.1) is 0 Å². The van der Waals surface area contributed by atoms with E-state index >= 15 is 8.78 Å². The van der Waals surface area contributed by atoms with Gasteiger partial charge in [0.2, 0.25) is 10.0 Å². The van der Waals surface area contributed by atoms with Crippen molar-refractivity contribution in [2.24, 2.45) is 0 Å². The van der Waals surface area contributed by atoms with Crippen molar-refractivity contribution >= 4 is 33.0 Å². The van der Waals surface area contributed by atoms with Crippen LogP contribution >= 0.6 is 0 Å². The predicted molar refractivity (Wildman–Crippen MR) is 317 cm³/mol. The molecule has 0 aliphatic heterocycles. The highest BCUT2D eigenvalue weighted by atomic mass is 32.2. The van der Waals surface area contributed by atoms with Crippen molar-refractivity contribution in [3.63, 3.8) is 0 Å². The first kappa shape index (κ1) is 71.7. The number of rotatable bonds is 47. The lowest BCUT2D eigenvalue weighted by Gasteiger charge is -2.36. The normalized spacial score (nSPS) is 14.7. The molecule has 0 aromatic heterocycles. The van der Waals surface area contributed by atoms with Crippen LogP contribution in [-0.4, -0.2) is 188 Å². The predicted octanol–water partition coefficient (Wildman–Crippen LogP) is 8.82. The number of carboxylic acid groups (broad SMARTS) is 2. The summed E-state index contributed by atoms with van der Waals surface area (Å²) < 4.78 is 152. The standard InChI is InChI=1S/C61H85F2NO20S2/c1-60(2,73-5)19-25-84-61(3,4)18-20-64-86(71,72)39-7-22-83-59-53-41-45(49-15-11-47(43-55(49)63)81-37-35-79-33-31-77-29-27-75-24-17-57(67)68)9-13-51(53)50-12-8-44(40-52(50)58(59)82-21-6-38-85(69)70)48-14-10-46(42-54(48)62)80-36-34-78-32-30-76-28-26-74-23-16-56(65)66/h8-15,40-43,58-59,64H,6-7,16-39H2,1-5H3,(H,65,66)(H,67,68)(H,69,70). The van der Waals surface area contributed by atoms with Crippen LogP contribution in [0.2, 0.25) is 0 Å². The number of nitrogens with one attached hydrogen (secondary N) is 1. The summed E-state index contributed by atoms with van der Waals surface area (Å²) in [6.07, 6.45) is -0.675. The van der Waals surface area contributed by atoms with Crippen molar-refractivity contribution < 1.29 is 103 Å². The molecule has 0 bridgehead atoms. The molecule has 0 radical (unpaired) electrons. The summed E-state index contributed by atoms with van der Waals surface area (Å²) in [5.41, 5.74) is 3.15.